The van der Waals surface area contributed by atoms with Crippen LogP contribution in [0.5, 0.6) is 0 Å². The Bertz CT molecular complexity index is 377. The monoisotopic (exact) mass is 415 g/mol. The van der Waals surface area contributed by atoms with E-state index in [2.05, 4.69) is 20.8 Å². The molecule has 0 saturated heterocycles. The van der Waals surface area contributed by atoms with Crippen molar-refractivity contribution in [3.63, 3.8) is 0 Å². The number of carbonyl (C=O) groups is 1. The summed E-state index contributed by atoms with van der Waals surface area (Å²) in [6, 6.07) is 0. The van der Waals surface area contributed by atoms with Crippen LogP contribution in [0, 0.1) is 5.41 Å². The van der Waals surface area contributed by atoms with E-state index in [0.717, 1.165) is 19.3 Å². The second-order valence-corrected chi connectivity index (χ2v) is 9.60. The van der Waals surface area contributed by atoms with Crippen molar-refractivity contribution in [2.75, 3.05) is 0 Å². The molecule has 0 saturated carbocycles. The molecule has 0 amide bonds. The SMILES string of the molecule is CCCCCCCCC(C)(C(C)O)C(C)(C)N.CCCCCCCCCC(=O)O. The van der Waals surface area contributed by atoms with Gasteiger partial charge in [0.05, 0.1) is 6.10 Å². The van der Waals surface area contributed by atoms with Gasteiger partial charge in [-0.1, -0.05) is 97.8 Å². The van der Waals surface area contributed by atoms with Crippen LogP contribution in [-0.2, 0) is 4.79 Å². The number of unbranched alkanes of at least 4 members (excludes halogenated alkanes) is 11. The zero-order valence-electron chi connectivity index (χ0n) is 20.6. The Morgan fingerprint density at radius 1 is 0.793 bits per heavy atom. The van der Waals surface area contributed by atoms with Crippen molar-refractivity contribution in [1.29, 1.82) is 0 Å². The van der Waals surface area contributed by atoms with Crippen molar-refractivity contribution in [1.82, 2.24) is 0 Å². The summed E-state index contributed by atoms with van der Waals surface area (Å²) < 4.78 is 0. The first-order valence-corrected chi connectivity index (χ1v) is 12.2. The Kier molecular flexibility index (Phi) is 19.2. The lowest BCUT2D eigenvalue weighted by molar-refractivity contribution is -0.137. The minimum absolute atomic E-state index is 0.183. The van der Waals surface area contributed by atoms with Crippen molar-refractivity contribution in [3.8, 4) is 0 Å². The third kappa shape index (κ3) is 16.8. The fourth-order valence-corrected chi connectivity index (χ4v) is 3.58. The first-order chi connectivity index (χ1) is 13.5. The van der Waals surface area contributed by atoms with Crippen LogP contribution in [0.1, 0.15) is 138 Å². The Morgan fingerprint density at radius 3 is 1.52 bits per heavy atom. The van der Waals surface area contributed by atoms with Gasteiger partial charge in [0.25, 0.3) is 0 Å². The minimum atomic E-state index is -0.663. The molecule has 0 spiro atoms. The number of rotatable bonds is 17. The van der Waals surface area contributed by atoms with Gasteiger partial charge >= 0.3 is 5.97 Å². The maximum atomic E-state index is 10.1. The van der Waals surface area contributed by atoms with Crippen LogP contribution in [0.2, 0.25) is 0 Å². The van der Waals surface area contributed by atoms with Gasteiger partial charge in [-0.3, -0.25) is 4.79 Å². The van der Waals surface area contributed by atoms with E-state index < -0.39 is 5.97 Å². The van der Waals surface area contributed by atoms with E-state index in [0.29, 0.717) is 6.42 Å². The summed E-state index contributed by atoms with van der Waals surface area (Å²) in [4.78, 5) is 10.1. The topological polar surface area (TPSA) is 83.5 Å². The van der Waals surface area contributed by atoms with Crippen LogP contribution >= 0.6 is 0 Å². The fourth-order valence-electron chi connectivity index (χ4n) is 3.58. The normalized spacial score (nSPS) is 14.6. The summed E-state index contributed by atoms with van der Waals surface area (Å²) in [5.74, 6) is -0.663. The number of carboxylic acid groups (broad SMARTS) is 1. The minimum Gasteiger partial charge on any atom is -0.481 e. The highest BCUT2D eigenvalue weighted by Crippen LogP contribution is 2.38. The number of aliphatic hydroxyl groups is 1. The average Bonchev–Trinajstić information content (AvgIpc) is 2.63. The largest absolute Gasteiger partial charge is 0.481 e. The van der Waals surface area contributed by atoms with Gasteiger partial charge < -0.3 is 15.9 Å². The van der Waals surface area contributed by atoms with Gasteiger partial charge in [-0.05, 0) is 33.6 Å². The molecular weight excluding hydrogens is 362 g/mol. The number of hydrogen-bond donors (Lipinski definition) is 3. The predicted octanol–water partition coefficient (Wildman–Crippen LogP) is 7.07. The summed E-state index contributed by atoms with van der Waals surface area (Å²) in [6.45, 7) is 12.5. The highest BCUT2D eigenvalue weighted by Gasteiger charge is 2.41. The van der Waals surface area contributed by atoms with E-state index in [1.165, 1.54) is 70.6 Å². The molecule has 0 rings (SSSR count). The number of nitrogens with two attached hydrogens (primary N) is 1. The molecule has 2 unspecified atom stereocenters. The van der Waals surface area contributed by atoms with Crippen LogP contribution in [0.4, 0.5) is 0 Å². The Hall–Kier alpha value is -0.610. The lowest BCUT2D eigenvalue weighted by Crippen LogP contribution is -2.54. The molecule has 0 aromatic rings. The Labute approximate surface area is 182 Å². The van der Waals surface area contributed by atoms with Gasteiger partial charge in [0.15, 0.2) is 0 Å². The van der Waals surface area contributed by atoms with E-state index in [9.17, 15) is 9.90 Å². The Balaban J connectivity index is 0. The van der Waals surface area contributed by atoms with E-state index in [-0.39, 0.29) is 17.1 Å². The van der Waals surface area contributed by atoms with Crippen molar-refractivity contribution < 1.29 is 15.0 Å². The van der Waals surface area contributed by atoms with Crippen LogP contribution < -0.4 is 5.73 Å². The molecule has 176 valence electrons. The molecule has 4 heteroatoms. The summed E-state index contributed by atoms with van der Waals surface area (Å²) in [5.41, 5.74) is 5.71. The molecule has 0 aromatic carbocycles. The smallest absolute Gasteiger partial charge is 0.303 e. The van der Waals surface area contributed by atoms with E-state index >= 15 is 0 Å². The maximum Gasteiger partial charge on any atom is 0.303 e. The summed E-state index contributed by atoms with van der Waals surface area (Å²) in [7, 11) is 0. The highest BCUT2D eigenvalue weighted by molar-refractivity contribution is 5.66. The average molecular weight is 416 g/mol. The van der Waals surface area contributed by atoms with Crippen molar-refractivity contribution in [2.45, 2.75) is 149 Å². The number of aliphatic hydroxyl groups excluding tert-OH is 1. The zero-order chi connectivity index (χ0) is 22.8. The first-order valence-electron chi connectivity index (χ1n) is 12.2. The van der Waals surface area contributed by atoms with Crippen LogP contribution in [0.15, 0.2) is 0 Å². The molecule has 0 fully saturated rings. The molecule has 0 aliphatic carbocycles. The van der Waals surface area contributed by atoms with Crippen LogP contribution in [-0.4, -0.2) is 27.8 Å². The number of aliphatic carboxylic acids is 1. The van der Waals surface area contributed by atoms with Crippen molar-refractivity contribution in [2.24, 2.45) is 11.1 Å². The van der Waals surface area contributed by atoms with Gasteiger partial charge in [-0.15, -0.1) is 0 Å². The maximum absolute atomic E-state index is 10.1. The second-order valence-electron chi connectivity index (χ2n) is 9.60. The van der Waals surface area contributed by atoms with E-state index in [1.54, 1.807) is 0 Å². The summed E-state index contributed by atoms with van der Waals surface area (Å²) in [6.07, 6.45) is 17.0. The summed E-state index contributed by atoms with van der Waals surface area (Å²) in [5, 5.41) is 18.3. The second kappa shape index (κ2) is 18.2. The number of carboxylic acids is 1. The summed E-state index contributed by atoms with van der Waals surface area (Å²) >= 11 is 0. The molecule has 29 heavy (non-hydrogen) atoms. The first kappa shape index (κ1) is 30.6. The van der Waals surface area contributed by atoms with Gasteiger partial charge in [0.1, 0.15) is 0 Å². The zero-order valence-corrected chi connectivity index (χ0v) is 20.6. The molecule has 4 N–H and O–H groups in total. The molecule has 2 atom stereocenters. The van der Waals surface area contributed by atoms with E-state index in [1.807, 2.05) is 20.8 Å². The van der Waals surface area contributed by atoms with Crippen molar-refractivity contribution >= 4 is 5.97 Å². The lowest BCUT2D eigenvalue weighted by atomic mass is 9.67. The molecule has 0 aliphatic heterocycles. The molecule has 4 nitrogen and oxygen atoms in total. The highest BCUT2D eigenvalue weighted by atomic mass is 16.4. The van der Waals surface area contributed by atoms with Gasteiger partial charge in [0.2, 0.25) is 0 Å². The standard InChI is InChI=1S/C15H33NO.C10H20O2/c1-6-7-8-9-10-11-12-15(5,13(2)17)14(3,4)16;1-2-3-4-5-6-7-8-9-10(11)12/h13,17H,6-12,16H2,1-5H3;2-9H2,1H3,(H,11,12). The van der Waals surface area contributed by atoms with Crippen molar-refractivity contribution in [3.05, 3.63) is 0 Å². The molecule has 0 aromatic heterocycles. The lowest BCUT2D eigenvalue weighted by Gasteiger charge is -2.44. The van der Waals surface area contributed by atoms with Gasteiger partial charge in [0, 0.05) is 17.4 Å². The molecule has 0 heterocycles. The van der Waals surface area contributed by atoms with Gasteiger partial charge in [-0.2, -0.15) is 0 Å². The molecule has 0 bridgehead atoms. The molecule has 0 radical (unpaired) electrons. The van der Waals surface area contributed by atoms with Crippen LogP contribution in [0.25, 0.3) is 0 Å². The van der Waals surface area contributed by atoms with Gasteiger partial charge in [-0.25, -0.2) is 0 Å². The van der Waals surface area contributed by atoms with Crippen LogP contribution in [0.3, 0.4) is 0 Å². The fraction of sp³-hybridized carbons (Fsp3) is 0.960. The number of hydrogen-bond acceptors (Lipinski definition) is 3. The quantitative estimate of drug-likeness (QED) is 0.222. The predicted molar refractivity (Wildman–Crippen MR) is 126 cm³/mol. The molecule has 0 aliphatic rings. The third-order valence-electron chi connectivity index (χ3n) is 6.44. The third-order valence-corrected chi connectivity index (χ3v) is 6.44. The molecular formula is C25H53NO3. The Morgan fingerprint density at radius 2 is 1.17 bits per heavy atom. The van der Waals surface area contributed by atoms with E-state index in [4.69, 9.17) is 10.8 Å².